The minimum absolute atomic E-state index is 0.0428. The van der Waals surface area contributed by atoms with Crippen molar-refractivity contribution in [3.8, 4) is 22.8 Å². The second-order valence-electron chi connectivity index (χ2n) is 5.63. The molecule has 0 radical (unpaired) electrons. The highest BCUT2D eigenvalue weighted by molar-refractivity contribution is 7.90. The van der Waals surface area contributed by atoms with Crippen LogP contribution >= 0.6 is 0 Å². The van der Waals surface area contributed by atoms with Crippen LogP contribution in [0.5, 0.6) is 5.75 Å². The van der Waals surface area contributed by atoms with Crippen molar-refractivity contribution >= 4 is 9.84 Å². The Morgan fingerprint density at radius 1 is 1.04 bits per heavy atom. The lowest BCUT2D eigenvalue weighted by Gasteiger charge is -2.10. The molecule has 1 aromatic heterocycles. The molecule has 6 nitrogen and oxygen atoms in total. The molecule has 0 unspecified atom stereocenters. The topological polar surface area (TPSA) is 74.1 Å². The monoisotopic (exact) mass is 397 g/mol. The molecule has 0 saturated carbocycles. The van der Waals surface area contributed by atoms with Crippen LogP contribution in [0.2, 0.25) is 0 Å². The van der Waals surface area contributed by atoms with Crippen LogP contribution in [0.1, 0.15) is 5.82 Å². The van der Waals surface area contributed by atoms with Crippen LogP contribution in [0.25, 0.3) is 17.1 Å². The van der Waals surface area contributed by atoms with Crippen molar-refractivity contribution in [3.63, 3.8) is 0 Å². The zero-order chi connectivity index (χ0) is 19.8. The predicted octanol–water partition coefficient (Wildman–Crippen LogP) is 3.37. The van der Waals surface area contributed by atoms with Crippen LogP contribution in [0.4, 0.5) is 13.2 Å². The molecule has 0 N–H and O–H groups in total. The summed E-state index contributed by atoms with van der Waals surface area (Å²) in [4.78, 5) is 3.68. The SMILES string of the molecule is COc1ccccc1-c1nc(C(F)(F)F)nn1-c1ccc(S(C)(=O)=O)cc1. The summed E-state index contributed by atoms with van der Waals surface area (Å²) < 4.78 is 68.9. The van der Waals surface area contributed by atoms with Crippen LogP contribution < -0.4 is 4.74 Å². The third kappa shape index (κ3) is 3.80. The number of rotatable bonds is 4. The number of nitrogens with zero attached hydrogens (tertiary/aromatic N) is 3. The fourth-order valence-corrected chi connectivity index (χ4v) is 3.08. The Kier molecular flexibility index (Phi) is 4.68. The lowest BCUT2D eigenvalue weighted by atomic mass is 10.2. The van der Waals surface area contributed by atoms with E-state index < -0.39 is 21.8 Å². The van der Waals surface area contributed by atoms with Crippen LogP contribution in [0, 0.1) is 0 Å². The van der Waals surface area contributed by atoms with E-state index in [1.165, 1.54) is 31.4 Å². The van der Waals surface area contributed by atoms with E-state index in [2.05, 4.69) is 10.1 Å². The molecular formula is C17H14F3N3O3S. The standard InChI is InChI=1S/C17H14F3N3O3S/c1-26-14-6-4-3-5-13(14)15-21-16(17(18,19)20)22-23(15)11-7-9-12(10-8-11)27(2,24)25/h3-10H,1-2H3. The Labute approximate surface area is 153 Å². The van der Waals surface area contributed by atoms with Gasteiger partial charge >= 0.3 is 6.18 Å². The number of sulfone groups is 1. The summed E-state index contributed by atoms with van der Waals surface area (Å²) in [5.74, 6) is -1.06. The molecule has 3 rings (SSSR count). The third-order valence-corrected chi connectivity index (χ3v) is 4.85. The number of alkyl halides is 3. The van der Waals surface area contributed by atoms with E-state index in [1.54, 1.807) is 24.3 Å². The molecule has 1 heterocycles. The van der Waals surface area contributed by atoms with Gasteiger partial charge in [0.15, 0.2) is 15.7 Å². The first-order chi connectivity index (χ1) is 12.6. The van der Waals surface area contributed by atoms with Gasteiger partial charge in [0.1, 0.15) is 5.75 Å². The minimum Gasteiger partial charge on any atom is -0.496 e. The van der Waals surface area contributed by atoms with Crippen molar-refractivity contribution in [2.75, 3.05) is 13.4 Å². The van der Waals surface area contributed by atoms with Gasteiger partial charge in [-0.1, -0.05) is 12.1 Å². The van der Waals surface area contributed by atoms with Crippen LogP contribution in [-0.4, -0.2) is 36.5 Å². The van der Waals surface area contributed by atoms with E-state index in [0.717, 1.165) is 10.9 Å². The molecule has 0 spiro atoms. The smallest absolute Gasteiger partial charge is 0.453 e. The highest BCUT2D eigenvalue weighted by atomic mass is 32.2. The van der Waals surface area contributed by atoms with E-state index in [9.17, 15) is 21.6 Å². The van der Waals surface area contributed by atoms with Crippen molar-refractivity contribution < 1.29 is 26.3 Å². The zero-order valence-electron chi connectivity index (χ0n) is 14.2. The molecule has 0 saturated heterocycles. The van der Waals surface area contributed by atoms with Gasteiger partial charge in [0.2, 0.25) is 0 Å². The number of methoxy groups -OCH3 is 1. The van der Waals surface area contributed by atoms with Gasteiger partial charge in [-0.3, -0.25) is 0 Å². The average Bonchev–Trinajstić information content (AvgIpc) is 3.06. The summed E-state index contributed by atoms with van der Waals surface area (Å²) in [6, 6.07) is 11.8. The van der Waals surface area contributed by atoms with Gasteiger partial charge in [-0.25, -0.2) is 18.1 Å². The summed E-state index contributed by atoms with van der Waals surface area (Å²) in [6.07, 6.45) is -3.70. The highest BCUT2D eigenvalue weighted by Gasteiger charge is 2.37. The summed E-state index contributed by atoms with van der Waals surface area (Å²) >= 11 is 0. The van der Waals surface area contributed by atoms with E-state index >= 15 is 0 Å². The maximum atomic E-state index is 13.2. The van der Waals surface area contributed by atoms with Gasteiger partial charge < -0.3 is 4.74 Å². The fraction of sp³-hybridized carbons (Fsp3) is 0.176. The number of ether oxygens (including phenoxy) is 1. The largest absolute Gasteiger partial charge is 0.496 e. The average molecular weight is 397 g/mol. The number of benzene rings is 2. The number of halogens is 3. The first-order valence-electron chi connectivity index (χ1n) is 7.59. The zero-order valence-corrected chi connectivity index (χ0v) is 15.0. The van der Waals surface area contributed by atoms with Crippen molar-refractivity contribution in [3.05, 3.63) is 54.4 Å². The second kappa shape index (κ2) is 6.69. The molecule has 0 atom stereocenters. The van der Waals surface area contributed by atoms with Crippen molar-refractivity contribution in [1.82, 2.24) is 14.8 Å². The summed E-state index contributed by atoms with van der Waals surface area (Å²) in [6.45, 7) is 0. The number of aromatic nitrogens is 3. The number of para-hydroxylation sites is 1. The van der Waals surface area contributed by atoms with Crippen molar-refractivity contribution in [1.29, 1.82) is 0 Å². The Hall–Kier alpha value is -2.88. The van der Waals surface area contributed by atoms with E-state index in [0.29, 0.717) is 11.3 Å². The first kappa shape index (κ1) is 18.9. The summed E-state index contributed by atoms with van der Waals surface area (Å²) in [7, 11) is -2.04. The van der Waals surface area contributed by atoms with E-state index in [4.69, 9.17) is 4.74 Å². The molecule has 27 heavy (non-hydrogen) atoms. The predicted molar refractivity (Wildman–Crippen MR) is 91.5 cm³/mol. The Balaban J connectivity index is 2.21. The number of hydrogen-bond donors (Lipinski definition) is 0. The first-order valence-corrected chi connectivity index (χ1v) is 9.48. The van der Waals surface area contributed by atoms with Crippen LogP contribution in [-0.2, 0) is 16.0 Å². The van der Waals surface area contributed by atoms with Gasteiger partial charge in [0, 0.05) is 6.26 Å². The molecule has 0 aliphatic carbocycles. The normalized spacial score (nSPS) is 12.2. The maximum Gasteiger partial charge on any atom is 0.453 e. The van der Waals surface area contributed by atoms with Crippen LogP contribution in [0.15, 0.2) is 53.4 Å². The van der Waals surface area contributed by atoms with E-state index in [-0.39, 0.29) is 16.4 Å². The van der Waals surface area contributed by atoms with Gasteiger partial charge in [-0.15, -0.1) is 5.10 Å². The molecular weight excluding hydrogens is 383 g/mol. The van der Waals surface area contributed by atoms with Gasteiger partial charge in [0.25, 0.3) is 5.82 Å². The molecule has 10 heteroatoms. The molecule has 0 amide bonds. The van der Waals surface area contributed by atoms with Crippen LogP contribution in [0.3, 0.4) is 0 Å². The Bertz CT molecular complexity index is 1070. The van der Waals surface area contributed by atoms with E-state index in [1.807, 2.05) is 0 Å². The Morgan fingerprint density at radius 3 is 2.22 bits per heavy atom. The lowest BCUT2D eigenvalue weighted by Crippen LogP contribution is -2.08. The summed E-state index contributed by atoms with van der Waals surface area (Å²) in [5, 5.41) is 3.57. The molecule has 142 valence electrons. The van der Waals surface area contributed by atoms with Gasteiger partial charge in [-0.05, 0) is 36.4 Å². The molecule has 2 aromatic carbocycles. The quantitative estimate of drug-likeness (QED) is 0.675. The molecule has 3 aromatic rings. The van der Waals surface area contributed by atoms with Crippen molar-refractivity contribution in [2.24, 2.45) is 0 Å². The molecule has 0 aliphatic rings. The minimum atomic E-state index is -4.74. The maximum absolute atomic E-state index is 13.2. The second-order valence-corrected chi connectivity index (χ2v) is 7.65. The summed E-state index contributed by atoms with van der Waals surface area (Å²) in [5.41, 5.74) is 0.543. The Morgan fingerprint density at radius 2 is 1.67 bits per heavy atom. The van der Waals surface area contributed by atoms with Gasteiger partial charge in [-0.2, -0.15) is 13.2 Å². The molecule has 0 fully saturated rings. The van der Waals surface area contributed by atoms with Crippen molar-refractivity contribution in [2.45, 2.75) is 11.1 Å². The highest BCUT2D eigenvalue weighted by Crippen LogP contribution is 2.34. The lowest BCUT2D eigenvalue weighted by molar-refractivity contribution is -0.144. The molecule has 0 aliphatic heterocycles. The number of hydrogen-bond acceptors (Lipinski definition) is 5. The van der Waals surface area contributed by atoms with Gasteiger partial charge in [0.05, 0.1) is 23.3 Å². The third-order valence-electron chi connectivity index (χ3n) is 3.72. The fourth-order valence-electron chi connectivity index (χ4n) is 2.45. The molecule has 0 bridgehead atoms.